The molecule has 0 bridgehead atoms. The standard InChI is InChI=1S/C13H11ClF2N2/c1-13(15,16)10-4-2-3-9(5-10)12-8-17-7-11(6-14)18-12/h2-5,7-8H,6H2,1H3. The van der Waals surface area contributed by atoms with Gasteiger partial charge in [-0.1, -0.05) is 18.2 Å². The summed E-state index contributed by atoms with van der Waals surface area (Å²) in [5.74, 6) is -2.63. The van der Waals surface area contributed by atoms with E-state index in [-0.39, 0.29) is 11.4 Å². The van der Waals surface area contributed by atoms with Gasteiger partial charge in [0, 0.05) is 24.2 Å². The van der Waals surface area contributed by atoms with Crippen molar-refractivity contribution < 1.29 is 8.78 Å². The fourth-order valence-electron chi connectivity index (χ4n) is 1.56. The monoisotopic (exact) mass is 268 g/mol. The van der Waals surface area contributed by atoms with Crippen LogP contribution in [-0.2, 0) is 11.8 Å². The highest BCUT2D eigenvalue weighted by Crippen LogP contribution is 2.29. The van der Waals surface area contributed by atoms with Crippen molar-refractivity contribution in [3.8, 4) is 11.3 Å². The van der Waals surface area contributed by atoms with E-state index in [0.29, 0.717) is 17.0 Å². The second-order valence-electron chi connectivity index (χ2n) is 4.00. The largest absolute Gasteiger partial charge is 0.270 e. The maximum absolute atomic E-state index is 13.2. The lowest BCUT2D eigenvalue weighted by molar-refractivity contribution is 0.0175. The van der Waals surface area contributed by atoms with Crippen molar-refractivity contribution in [3.63, 3.8) is 0 Å². The highest BCUT2D eigenvalue weighted by molar-refractivity contribution is 6.16. The first-order valence-corrected chi connectivity index (χ1v) is 5.90. The van der Waals surface area contributed by atoms with Crippen molar-refractivity contribution in [1.82, 2.24) is 9.97 Å². The molecule has 0 saturated carbocycles. The lowest BCUT2D eigenvalue weighted by Gasteiger charge is -2.11. The van der Waals surface area contributed by atoms with Crippen LogP contribution in [-0.4, -0.2) is 9.97 Å². The van der Waals surface area contributed by atoms with Crippen LogP contribution < -0.4 is 0 Å². The van der Waals surface area contributed by atoms with Crippen LogP contribution in [0.1, 0.15) is 18.2 Å². The van der Waals surface area contributed by atoms with Gasteiger partial charge in [0.15, 0.2) is 0 Å². The minimum Gasteiger partial charge on any atom is -0.261 e. The molecular weight excluding hydrogens is 258 g/mol. The molecule has 0 radical (unpaired) electrons. The third kappa shape index (κ3) is 2.82. The zero-order valence-corrected chi connectivity index (χ0v) is 10.5. The zero-order chi connectivity index (χ0) is 13.2. The Morgan fingerprint density at radius 1 is 1.28 bits per heavy atom. The van der Waals surface area contributed by atoms with Crippen LogP contribution >= 0.6 is 11.6 Å². The molecular formula is C13H11ClF2N2. The van der Waals surface area contributed by atoms with Gasteiger partial charge in [0.1, 0.15) is 0 Å². The molecule has 0 aliphatic rings. The Bertz CT molecular complexity index is 553. The molecule has 0 fully saturated rings. The van der Waals surface area contributed by atoms with E-state index in [1.165, 1.54) is 18.3 Å². The van der Waals surface area contributed by atoms with Gasteiger partial charge in [0.2, 0.25) is 0 Å². The predicted molar refractivity (Wildman–Crippen MR) is 66.6 cm³/mol. The summed E-state index contributed by atoms with van der Waals surface area (Å²) >= 11 is 5.67. The predicted octanol–water partition coefficient (Wildman–Crippen LogP) is 3.99. The first-order chi connectivity index (χ1) is 8.50. The van der Waals surface area contributed by atoms with Crippen molar-refractivity contribution in [3.05, 3.63) is 47.9 Å². The highest BCUT2D eigenvalue weighted by Gasteiger charge is 2.24. The third-order valence-corrected chi connectivity index (χ3v) is 2.76. The molecule has 0 aliphatic heterocycles. The van der Waals surface area contributed by atoms with Crippen LogP contribution in [0.25, 0.3) is 11.3 Å². The molecule has 1 aromatic heterocycles. The van der Waals surface area contributed by atoms with Crippen molar-refractivity contribution in [2.75, 3.05) is 0 Å². The molecule has 1 aromatic carbocycles. The van der Waals surface area contributed by atoms with Gasteiger partial charge in [-0.15, -0.1) is 11.6 Å². The smallest absolute Gasteiger partial charge is 0.261 e. The Kier molecular flexibility index (Phi) is 3.57. The molecule has 0 saturated heterocycles. The Hall–Kier alpha value is -1.55. The second kappa shape index (κ2) is 4.98. The molecule has 0 amide bonds. The average molecular weight is 269 g/mol. The van der Waals surface area contributed by atoms with Gasteiger partial charge in [0.05, 0.1) is 23.5 Å². The van der Waals surface area contributed by atoms with E-state index in [4.69, 9.17) is 11.6 Å². The van der Waals surface area contributed by atoms with E-state index in [1.54, 1.807) is 18.3 Å². The van der Waals surface area contributed by atoms with Gasteiger partial charge < -0.3 is 0 Å². The third-order valence-electron chi connectivity index (χ3n) is 2.49. The average Bonchev–Trinajstić information content (AvgIpc) is 2.38. The summed E-state index contributed by atoms with van der Waals surface area (Å²) in [4.78, 5) is 8.23. The number of hydrogen-bond donors (Lipinski definition) is 0. The minimum absolute atomic E-state index is 0.0434. The zero-order valence-electron chi connectivity index (χ0n) is 9.70. The molecule has 0 N–H and O–H groups in total. The summed E-state index contributed by atoms with van der Waals surface area (Å²) in [7, 11) is 0. The van der Waals surface area contributed by atoms with Crippen LogP contribution in [0.15, 0.2) is 36.7 Å². The maximum atomic E-state index is 13.2. The van der Waals surface area contributed by atoms with Gasteiger partial charge in [-0.2, -0.15) is 0 Å². The molecule has 0 unspecified atom stereocenters. The summed E-state index contributed by atoms with van der Waals surface area (Å²) in [6.07, 6.45) is 3.08. The van der Waals surface area contributed by atoms with Gasteiger partial charge in [-0.3, -0.25) is 4.98 Å². The Labute approximate surface area is 109 Å². The van der Waals surface area contributed by atoms with Crippen LogP contribution in [0.2, 0.25) is 0 Å². The van der Waals surface area contributed by atoms with Crippen molar-refractivity contribution >= 4 is 11.6 Å². The normalized spacial score (nSPS) is 11.6. The first kappa shape index (κ1) is 12.9. The SMILES string of the molecule is CC(F)(F)c1cccc(-c2cncc(CCl)n2)c1. The van der Waals surface area contributed by atoms with E-state index in [2.05, 4.69) is 9.97 Å². The molecule has 1 heterocycles. The van der Waals surface area contributed by atoms with Gasteiger partial charge in [0.25, 0.3) is 5.92 Å². The Balaban J connectivity index is 2.44. The number of rotatable bonds is 3. The Morgan fingerprint density at radius 3 is 2.72 bits per heavy atom. The number of aromatic nitrogens is 2. The van der Waals surface area contributed by atoms with Crippen molar-refractivity contribution in [2.24, 2.45) is 0 Å². The lowest BCUT2D eigenvalue weighted by Crippen LogP contribution is -2.06. The fraction of sp³-hybridized carbons (Fsp3) is 0.231. The van der Waals surface area contributed by atoms with E-state index in [0.717, 1.165) is 6.92 Å². The maximum Gasteiger partial charge on any atom is 0.270 e. The van der Waals surface area contributed by atoms with E-state index >= 15 is 0 Å². The van der Waals surface area contributed by atoms with Crippen LogP contribution in [0, 0.1) is 0 Å². The molecule has 2 rings (SSSR count). The quantitative estimate of drug-likeness (QED) is 0.787. The van der Waals surface area contributed by atoms with E-state index in [9.17, 15) is 8.78 Å². The van der Waals surface area contributed by atoms with Crippen molar-refractivity contribution in [2.45, 2.75) is 18.7 Å². The van der Waals surface area contributed by atoms with Gasteiger partial charge in [-0.25, -0.2) is 13.8 Å². The minimum atomic E-state index is -2.87. The topological polar surface area (TPSA) is 25.8 Å². The van der Waals surface area contributed by atoms with Gasteiger partial charge in [-0.05, 0) is 6.07 Å². The molecule has 0 spiro atoms. The number of halogens is 3. The highest BCUT2D eigenvalue weighted by atomic mass is 35.5. The number of hydrogen-bond acceptors (Lipinski definition) is 2. The first-order valence-electron chi connectivity index (χ1n) is 5.36. The summed E-state index contributed by atoms with van der Waals surface area (Å²) in [5.41, 5.74) is 1.72. The number of nitrogens with zero attached hydrogens (tertiary/aromatic N) is 2. The Morgan fingerprint density at radius 2 is 2.06 bits per heavy atom. The summed E-state index contributed by atoms with van der Waals surface area (Å²) < 4.78 is 26.5. The molecule has 18 heavy (non-hydrogen) atoms. The van der Waals surface area contributed by atoms with Crippen molar-refractivity contribution in [1.29, 1.82) is 0 Å². The summed E-state index contributed by atoms with van der Waals surface area (Å²) in [5, 5.41) is 0. The molecule has 2 nitrogen and oxygen atoms in total. The molecule has 0 atom stereocenters. The summed E-state index contributed by atoms with van der Waals surface area (Å²) in [6, 6.07) is 6.11. The van der Waals surface area contributed by atoms with Crippen LogP contribution in [0.5, 0.6) is 0 Å². The lowest BCUT2D eigenvalue weighted by atomic mass is 10.0. The van der Waals surface area contributed by atoms with E-state index < -0.39 is 5.92 Å². The fourth-order valence-corrected chi connectivity index (χ4v) is 1.69. The van der Waals surface area contributed by atoms with Crippen LogP contribution in [0.4, 0.5) is 8.78 Å². The number of alkyl halides is 3. The van der Waals surface area contributed by atoms with E-state index in [1.807, 2.05) is 0 Å². The summed E-state index contributed by atoms with van der Waals surface area (Å²) in [6.45, 7) is 0.868. The second-order valence-corrected chi connectivity index (χ2v) is 4.27. The molecule has 2 aromatic rings. The van der Waals surface area contributed by atoms with Gasteiger partial charge >= 0.3 is 0 Å². The molecule has 94 valence electrons. The van der Waals surface area contributed by atoms with Crippen LogP contribution in [0.3, 0.4) is 0 Å². The molecule has 5 heteroatoms. The number of benzene rings is 1. The molecule has 0 aliphatic carbocycles.